The van der Waals surface area contributed by atoms with Crippen molar-refractivity contribution in [2.45, 2.75) is 29.6 Å². The molecule has 1 aliphatic rings. The van der Waals surface area contributed by atoms with Crippen LogP contribution in [0.2, 0.25) is 0 Å². The molecule has 3 nitrogen and oxygen atoms in total. The van der Waals surface area contributed by atoms with Crippen molar-refractivity contribution in [2.24, 2.45) is 4.99 Å². The van der Waals surface area contributed by atoms with Crippen LogP contribution in [0.1, 0.15) is 41.3 Å². The van der Waals surface area contributed by atoms with Crippen molar-refractivity contribution in [1.82, 2.24) is 4.90 Å². The maximum absolute atomic E-state index is 14.7. The Hall–Kier alpha value is -3.44. The van der Waals surface area contributed by atoms with Crippen LogP contribution in [0.5, 0.6) is 0 Å². The van der Waals surface area contributed by atoms with Crippen molar-refractivity contribution in [3.05, 3.63) is 115 Å². The van der Waals surface area contributed by atoms with Gasteiger partial charge in [-0.3, -0.25) is 4.79 Å². The number of hydrogen-bond acceptors (Lipinski definition) is 3. The standard InChI is InChI=1S/C25H23FN2OS.C4H6/c1-3-4-15-28(2)25(29)17-13-14-23-21(16-17)27-24(18-9-5-7-11-20(18)26)19-10-6-8-12-22(19)30-23;1-3-4-2/h5-14,16H,3-4,15H2,1-2H3;3-4H,1-2H2. The second-order valence-electron chi connectivity index (χ2n) is 7.77. The van der Waals surface area contributed by atoms with Crippen LogP contribution >= 0.6 is 11.8 Å². The largest absolute Gasteiger partial charge is 0.342 e. The molecule has 5 heteroatoms. The summed E-state index contributed by atoms with van der Waals surface area (Å²) in [6.45, 7) is 9.55. The zero-order valence-corrected chi connectivity index (χ0v) is 20.4. The van der Waals surface area contributed by atoms with E-state index < -0.39 is 0 Å². The van der Waals surface area contributed by atoms with E-state index in [0.717, 1.165) is 34.7 Å². The number of aliphatic imine (C=N–C) groups is 1. The lowest BCUT2D eigenvalue weighted by molar-refractivity contribution is 0.0793. The Labute approximate surface area is 205 Å². The highest BCUT2D eigenvalue weighted by molar-refractivity contribution is 7.99. The number of amides is 1. The predicted octanol–water partition coefficient (Wildman–Crippen LogP) is 7.69. The average molecular weight is 473 g/mol. The molecule has 4 rings (SSSR count). The van der Waals surface area contributed by atoms with Crippen LogP contribution in [0.25, 0.3) is 0 Å². The first-order chi connectivity index (χ1) is 16.5. The van der Waals surface area contributed by atoms with E-state index in [2.05, 4.69) is 20.1 Å². The van der Waals surface area contributed by atoms with Crippen molar-refractivity contribution in [1.29, 1.82) is 0 Å². The Morgan fingerprint density at radius 3 is 2.35 bits per heavy atom. The Morgan fingerprint density at radius 2 is 1.68 bits per heavy atom. The number of allylic oxidation sites excluding steroid dienone is 2. The number of nitrogens with zero attached hydrogens (tertiary/aromatic N) is 2. The van der Waals surface area contributed by atoms with Crippen LogP contribution in [-0.2, 0) is 0 Å². The fourth-order valence-corrected chi connectivity index (χ4v) is 4.45. The first-order valence-corrected chi connectivity index (χ1v) is 12.1. The van der Waals surface area contributed by atoms with Gasteiger partial charge in [-0.2, -0.15) is 0 Å². The molecule has 0 unspecified atom stereocenters. The van der Waals surface area contributed by atoms with E-state index in [0.29, 0.717) is 22.5 Å². The molecule has 1 heterocycles. The van der Waals surface area contributed by atoms with E-state index in [4.69, 9.17) is 4.99 Å². The van der Waals surface area contributed by atoms with Gasteiger partial charge in [0.25, 0.3) is 5.91 Å². The van der Waals surface area contributed by atoms with Crippen LogP contribution < -0.4 is 0 Å². The Bertz CT molecular complexity index is 1210. The number of fused-ring (bicyclic) bond motifs is 2. The minimum absolute atomic E-state index is 0.0272. The summed E-state index contributed by atoms with van der Waals surface area (Å²) < 4.78 is 14.7. The van der Waals surface area contributed by atoms with E-state index in [1.54, 1.807) is 40.9 Å². The lowest BCUT2D eigenvalue weighted by Gasteiger charge is -2.17. The molecule has 0 spiro atoms. The lowest BCUT2D eigenvalue weighted by atomic mass is 10.0. The van der Waals surface area contributed by atoms with Gasteiger partial charge in [0.15, 0.2) is 0 Å². The quantitative estimate of drug-likeness (QED) is 0.269. The summed E-state index contributed by atoms with van der Waals surface area (Å²) in [6.07, 6.45) is 5.28. The highest BCUT2D eigenvalue weighted by Gasteiger charge is 2.22. The van der Waals surface area contributed by atoms with E-state index >= 15 is 0 Å². The van der Waals surface area contributed by atoms with Gasteiger partial charge in [0, 0.05) is 40.1 Å². The van der Waals surface area contributed by atoms with Crippen LogP contribution in [0, 0.1) is 5.82 Å². The third-order valence-corrected chi connectivity index (χ3v) is 6.43. The van der Waals surface area contributed by atoms with Gasteiger partial charge in [0.1, 0.15) is 5.82 Å². The maximum Gasteiger partial charge on any atom is 0.253 e. The molecule has 34 heavy (non-hydrogen) atoms. The molecule has 0 atom stereocenters. The molecule has 0 saturated heterocycles. The average Bonchev–Trinajstić information content (AvgIpc) is 3.03. The van der Waals surface area contributed by atoms with Crippen LogP contribution in [0.4, 0.5) is 10.1 Å². The van der Waals surface area contributed by atoms with Crippen LogP contribution in [0.3, 0.4) is 0 Å². The minimum atomic E-state index is -0.314. The highest BCUT2D eigenvalue weighted by atomic mass is 32.2. The number of unbranched alkanes of at least 4 members (excludes halogenated alkanes) is 1. The smallest absolute Gasteiger partial charge is 0.253 e. The van der Waals surface area contributed by atoms with Gasteiger partial charge in [-0.15, -0.1) is 0 Å². The summed E-state index contributed by atoms with van der Waals surface area (Å²) >= 11 is 1.59. The normalized spacial score (nSPS) is 11.6. The van der Waals surface area contributed by atoms with Crippen LogP contribution in [-0.4, -0.2) is 30.1 Å². The van der Waals surface area contributed by atoms with Crippen molar-refractivity contribution < 1.29 is 9.18 Å². The van der Waals surface area contributed by atoms with Crippen LogP contribution in [0.15, 0.2) is 107 Å². The maximum atomic E-state index is 14.7. The highest BCUT2D eigenvalue weighted by Crippen LogP contribution is 2.41. The van der Waals surface area contributed by atoms with Crippen molar-refractivity contribution in [2.75, 3.05) is 13.6 Å². The first-order valence-electron chi connectivity index (χ1n) is 11.2. The molecule has 0 fully saturated rings. The number of benzene rings is 3. The molecule has 0 bridgehead atoms. The van der Waals surface area contributed by atoms with E-state index in [-0.39, 0.29) is 11.7 Å². The monoisotopic (exact) mass is 472 g/mol. The predicted molar refractivity (Wildman–Crippen MR) is 141 cm³/mol. The molecule has 174 valence electrons. The zero-order chi connectivity index (χ0) is 24.5. The molecular formula is C29H29FN2OS. The Kier molecular flexibility index (Phi) is 9.00. The van der Waals surface area contributed by atoms with Gasteiger partial charge in [0.2, 0.25) is 0 Å². The number of carbonyl (C=O) groups is 1. The van der Waals surface area contributed by atoms with E-state index in [9.17, 15) is 9.18 Å². The summed E-state index contributed by atoms with van der Waals surface area (Å²) in [5.41, 5.74) is 3.20. The molecule has 1 aliphatic heterocycles. The number of rotatable bonds is 6. The topological polar surface area (TPSA) is 32.7 Å². The number of carbonyl (C=O) groups excluding carboxylic acids is 1. The molecule has 0 aromatic heterocycles. The first kappa shape index (κ1) is 25.2. The number of halogens is 1. The van der Waals surface area contributed by atoms with Gasteiger partial charge in [-0.1, -0.05) is 80.7 Å². The van der Waals surface area contributed by atoms with Gasteiger partial charge < -0.3 is 4.90 Å². The SMILES string of the molecule is C=CC=C.CCCCN(C)C(=O)c1ccc2c(c1)N=C(c1ccccc1F)c1ccccc1S2. The summed E-state index contributed by atoms with van der Waals surface area (Å²) in [7, 11) is 1.82. The minimum Gasteiger partial charge on any atom is -0.342 e. The molecule has 0 radical (unpaired) electrons. The molecule has 0 aliphatic carbocycles. The third-order valence-electron chi connectivity index (χ3n) is 5.29. The van der Waals surface area contributed by atoms with Gasteiger partial charge in [0.05, 0.1) is 11.4 Å². The molecule has 0 N–H and O–H groups in total. The summed E-state index contributed by atoms with van der Waals surface area (Å²) in [6, 6.07) is 20.2. The second kappa shape index (κ2) is 12.1. The third kappa shape index (κ3) is 5.91. The molecule has 1 amide bonds. The number of hydrogen-bond donors (Lipinski definition) is 0. The lowest BCUT2D eigenvalue weighted by Crippen LogP contribution is -2.27. The van der Waals surface area contributed by atoms with Crippen molar-refractivity contribution in [3.63, 3.8) is 0 Å². The van der Waals surface area contributed by atoms with Crippen molar-refractivity contribution in [3.8, 4) is 0 Å². The fourth-order valence-electron chi connectivity index (χ4n) is 3.45. The Morgan fingerprint density at radius 1 is 1.00 bits per heavy atom. The van der Waals surface area contributed by atoms with Gasteiger partial charge in [-0.05, 0) is 42.8 Å². The summed E-state index contributed by atoms with van der Waals surface area (Å²) in [5.74, 6) is -0.341. The zero-order valence-electron chi connectivity index (χ0n) is 19.6. The Balaban J connectivity index is 0.000000751. The molecule has 3 aromatic rings. The summed E-state index contributed by atoms with van der Waals surface area (Å²) in [5, 5.41) is 0. The van der Waals surface area contributed by atoms with E-state index in [1.165, 1.54) is 6.07 Å². The molecule has 3 aromatic carbocycles. The second-order valence-corrected chi connectivity index (χ2v) is 8.86. The van der Waals surface area contributed by atoms with Crippen molar-refractivity contribution >= 4 is 29.1 Å². The fraction of sp³-hybridized carbons (Fsp3) is 0.172. The van der Waals surface area contributed by atoms with E-state index in [1.807, 2.05) is 55.6 Å². The van der Waals surface area contributed by atoms with Gasteiger partial charge in [-0.25, -0.2) is 9.38 Å². The summed E-state index contributed by atoms with van der Waals surface area (Å²) in [4.78, 5) is 21.4. The molecule has 0 saturated carbocycles. The van der Waals surface area contributed by atoms with Gasteiger partial charge >= 0.3 is 0 Å². The molecular weight excluding hydrogens is 443 g/mol.